The third-order valence-electron chi connectivity index (χ3n) is 4.24. The van der Waals surface area contributed by atoms with Crippen molar-refractivity contribution in [1.82, 2.24) is 10.2 Å². The monoisotopic (exact) mass is 362 g/mol. The molecule has 0 saturated carbocycles. The summed E-state index contributed by atoms with van der Waals surface area (Å²) < 4.78 is 0. The molecule has 2 amide bonds. The molecule has 2 atom stereocenters. The minimum Gasteiger partial charge on any atom is -0.351 e. The van der Waals surface area contributed by atoms with E-state index >= 15 is 0 Å². The maximum atomic E-state index is 12.6. The molecule has 2 aromatic rings. The average molecular weight is 363 g/mol. The number of nitrogens with zero attached hydrogens (tertiary/aromatic N) is 1. The Labute approximate surface area is 150 Å². The predicted molar refractivity (Wildman–Crippen MR) is 98.7 cm³/mol. The van der Waals surface area contributed by atoms with E-state index in [4.69, 9.17) is 0 Å². The normalized spacial score (nSPS) is 18.6. The third-order valence-corrected chi connectivity index (χ3v) is 6.12. The van der Waals surface area contributed by atoms with Crippen LogP contribution in [0.4, 0.5) is 0 Å². The molecule has 3 heterocycles. The van der Waals surface area contributed by atoms with E-state index in [2.05, 4.69) is 24.4 Å². The number of amides is 2. The van der Waals surface area contributed by atoms with Gasteiger partial charge in [0.1, 0.15) is 6.04 Å². The molecule has 1 saturated heterocycles. The van der Waals surface area contributed by atoms with Crippen LogP contribution in [0.3, 0.4) is 0 Å². The molecule has 0 radical (unpaired) electrons. The lowest BCUT2D eigenvalue weighted by molar-refractivity contribution is -0.125. The zero-order valence-electron chi connectivity index (χ0n) is 14.0. The number of rotatable bonds is 5. The van der Waals surface area contributed by atoms with Crippen molar-refractivity contribution in [2.75, 3.05) is 6.54 Å². The second-order valence-corrected chi connectivity index (χ2v) is 8.58. The molecule has 0 bridgehead atoms. The van der Waals surface area contributed by atoms with Gasteiger partial charge < -0.3 is 10.2 Å². The van der Waals surface area contributed by atoms with Crippen LogP contribution in [0.25, 0.3) is 0 Å². The summed E-state index contributed by atoms with van der Waals surface area (Å²) in [6.07, 6.45) is 2.46. The summed E-state index contributed by atoms with van der Waals surface area (Å²) >= 11 is 3.19. The fourth-order valence-corrected chi connectivity index (χ4v) is 4.81. The molecular formula is C18H22N2O2S2. The summed E-state index contributed by atoms with van der Waals surface area (Å²) in [5.74, 6) is -0.0534. The van der Waals surface area contributed by atoms with Gasteiger partial charge in [0.25, 0.3) is 5.91 Å². The van der Waals surface area contributed by atoms with Crippen molar-refractivity contribution in [1.29, 1.82) is 0 Å². The maximum Gasteiger partial charge on any atom is 0.264 e. The van der Waals surface area contributed by atoms with E-state index in [9.17, 15) is 9.59 Å². The van der Waals surface area contributed by atoms with Crippen LogP contribution < -0.4 is 5.32 Å². The van der Waals surface area contributed by atoms with Crippen LogP contribution in [0, 0.1) is 6.92 Å². The lowest BCUT2D eigenvalue weighted by Crippen LogP contribution is -2.48. The molecule has 1 fully saturated rings. The lowest BCUT2D eigenvalue weighted by Gasteiger charge is -2.25. The number of nitrogens with one attached hydrogen (secondary N) is 1. The van der Waals surface area contributed by atoms with Gasteiger partial charge in [0.05, 0.1) is 4.88 Å². The highest BCUT2D eigenvalue weighted by atomic mass is 32.1. The number of hydrogen-bond donors (Lipinski definition) is 1. The van der Waals surface area contributed by atoms with Gasteiger partial charge in [-0.15, -0.1) is 22.7 Å². The van der Waals surface area contributed by atoms with Gasteiger partial charge in [-0.1, -0.05) is 6.07 Å². The highest BCUT2D eigenvalue weighted by Gasteiger charge is 2.35. The Bertz CT molecular complexity index is 708. The summed E-state index contributed by atoms with van der Waals surface area (Å²) in [6, 6.07) is 7.63. The smallest absolute Gasteiger partial charge is 0.264 e. The Morgan fingerprint density at radius 2 is 2.21 bits per heavy atom. The minimum absolute atomic E-state index is 0.0239. The standard InChI is InChI=1S/C18H22N2O2S2/c1-12(11-14-8-7-13(2)24-14)19-17(21)15-5-3-9-20(15)18(22)16-6-4-10-23-16/h4,6-8,10,12,15H,3,5,9,11H2,1-2H3,(H,19,21)/t12?,15-/m0/s1. The molecule has 4 nitrogen and oxygen atoms in total. The molecule has 1 unspecified atom stereocenters. The Kier molecular flexibility index (Phi) is 5.36. The second-order valence-electron chi connectivity index (χ2n) is 6.26. The summed E-state index contributed by atoms with van der Waals surface area (Å²) in [5, 5.41) is 4.98. The summed E-state index contributed by atoms with van der Waals surface area (Å²) in [7, 11) is 0. The SMILES string of the molecule is Cc1ccc(CC(C)NC(=O)[C@@H]2CCCN2C(=O)c2cccs2)s1. The molecule has 3 rings (SSSR count). The van der Waals surface area contributed by atoms with E-state index in [0.717, 1.165) is 19.3 Å². The van der Waals surface area contributed by atoms with E-state index in [-0.39, 0.29) is 23.9 Å². The van der Waals surface area contributed by atoms with Gasteiger partial charge in [0.15, 0.2) is 0 Å². The molecule has 1 N–H and O–H groups in total. The van der Waals surface area contributed by atoms with Gasteiger partial charge in [-0.25, -0.2) is 0 Å². The molecular weight excluding hydrogens is 340 g/mol. The molecule has 0 aliphatic carbocycles. The first kappa shape index (κ1) is 17.2. The van der Waals surface area contributed by atoms with Crippen molar-refractivity contribution in [2.24, 2.45) is 0 Å². The molecule has 24 heavy (non-hydrogen) atoms. The quantitative estimate of drug-likeness (QED) is 0.885. The van der Waals surface area contributed by atoms with Crippen LogP contribution in [0.1, 0.15) is 39.2 Å². The van der Waals surface area contributed by atoms with Crippen molar-refractivity contribution in [3.05, 3.63) is 44.3 Å². The lowest BCUT2D eigenvalue weighted by atomic mass is 10.1. The summed E-state index contributed by atoms with van der Waals surface area (Å²) in [4.78, 5) is 30.2. The topological polar surface area (TPSA) is 49.4 Å². The summed E-state index contributed by atoms with van der Waals surface area (Å²) in [6.45, 7) is 4.77. The van der Waals surface area contributed by atoms with E-state index in [1.165, 1.54) is 21.1 Å². The number of thiophene rings is 2. The Morgan fingerprint density at radius 3 is 2.88 bits per heavy atom. The Balaban J connectivity index is 1.60. The molecule has 1 aliphatic rings. The van der Waals surface area contributed by atoms with Crippen molar-refractivity contribution in [2.45, 2.75) is 45.2 Å². The first-order valence-corrected chi connectivity index (χ1v) is 9.94. The number of carbonyl (C=O) groups is 2. The van der Waals surface area contributed by atoms with Gasteiger partial charge >= 0.3 is 0 Å². The molecule has 1 aliphatic heterocycles. The van der Waals surface area contributed by atoms with Crippen LogP contribution in [0.15, 0.2) is 29.6 Å². The van der Waals surface area contributed by atoms with E-state index in [0.29, 0.717) is 11.4 Å². The zero-order chi connectivity index (χ0) is 17.1. The Hall–Kier alpha value is -1.66. The molecule has 2 aromatic heterocycles. The molecule has 128 valence electrons. The minimum atomic E-state index is -0.341. The van der Waals surface area contributed by atoms with Crippen LogP contribution in [0.2, 0.25) is 0 Å². The van der Waals surface area contributed by atoms with E-state index in [1.807, 2.05) is 24.4 Å². The molecule has 6 heteroatoms. The first-order valence-electron chi connectivity index (χ1n) is 8.25. The van der Waals surface area contributed by atoms with Crippen molar-refractivity contribution in [3.63, 3.8) is 0 Å². The van der Waals surface area contributed by atoms with Gasteiger partial charge in [-0.05, 0) is 50.3 Å². The van der Waals surface area contributed by atoms with Crippen LogP contribution >= 0.6 is 22.7 Å². The fraction of sp³-hybridized carbons (Fsp3) is 0.444. The number of aryl methyl sites for hydroxylation is 1. The van der Waals surface area contributed by atoms with Crippen LogP contribution in [0.5, 0.6) is 0 Å². The predicted octanol–water partition coefficient (Wildman–Crippen LogP) is 3.47. The highest BCUT2D eigenvalue weighted by molar-refractivity contribution is 7.12. The molecule has 0 spiro atoms. The third kappa shape index (κ3) is 3.87. The number of carbonyl (C=O) groups excluding carboxylic acids is 2. The largest absolute Gasteiger partial charge is 0.351 e. The fourth-order valence-electron chi connectivity index (χ4n) is 3.11. The van der Waals surface area contributed by atoms with Crippen LogP contribution in [-0.4, -0.2) is 35.3 Å². The van der Waals surface area contributed by atoms with Crippen LogP contribution in [-0.2, 0) is 11.2 Å². The molecule has 0 aromatic carbocycles. The van der Waals surface area contributed by atoms with Gasteiger partial charge in [-0.2, -0.15) is 0 Å². The maximum absolute atomic E-state index is 12.6. The first-order chi connectivity index (χ1) is 11.5. The second kappa shape index (κ2) is 7.49. The average Bonchev–Trinajstić information content (AvgIpc) is 3.28. The highest BCUT2D eigenvalue weighted by Crippen LogP contribution is 2.23. The van der Waals surface area contributed by atoms with Gasteiger partial charge in [0.2, 0.25) is 5.91 Å². The number of hydrogen-bond acceptors (Lipinski definition) is 4. The van der Waals surface area contributed by atoms with Crippen molar-refractivity contribution in [3.8, 4) is 0 Å². The van der Waals surface area contributed by atoms with E-state index in [1.54, 1.807) is 16.2 Å². The van der Waals surface area contributed by atoms with Crippen molar-refractivity contribution < 1.29 is 9.59 Å². The number of likely N-dealkylation sites (tertiary alicyclic amines) is 1. The zero-order valence-corrected chi connectivity index (χ0v) is 15.6. The summed E-state index contributed by atoms with van der Waals surface area (Å²) in [5.41, 5.74) is 0. The van der Waals surface area contributed by atoms with Gasteiger partial charge in [-0.3, -0.25) is 9.59 Å². The van der Waals surface area contributed by atoms with Crippen molar-refractivity contribution >= 4 is 34.5 Å². The Morgan fingerprint density at radius 1 is 1.38 bits per heavy atom. The van der Waals surface area contributed by atoms with Gasteiger partial charge in [0, 0.05) is 28.8 Å². The van der Waals surface area contributed by atoms with E-state index < -0.39 is 0 Å².